The summed E-state index contributed by atoms with van der Waals surface area (Å²) in [4.78, 5) is 7.35. The number of hydrogen-bond donors (Lipinski definition) is 0. The maximum atomic E-state index is 6.31. The number of anilines is 9. The molecule has 0 bridgehead atoms. The Kier molecular flexibility index (Phi) is 7.93. The van der Waals surface area contributed by atoms with Gasteiger partial charge in [0.25, 0.3) is 6.71 Å². The quantitative estimate of drug-likeness (QED) is 0.163. The molecule has 3 heterocycles. The summed E-state index contributed by atoms with van der Waals surface area (Å²) in [5, 5.41) is 2.22. The summed E-state index contributed by atoms with van der Waals surface area (Å²) in [6.07, 6.45) is 0. The van der Waals surface area contributed by atoms with Crippen LogP contribution in [0.3, 0.4) is 0 Å². The van der Waals surface area contributed by atoms with Gasteiger partial charge in [-0.05, 0) is 132 Å². The van der Waals surface area contributed by atoms with E-state index >= 15 is 0 Å². The van der Waals surface area contributed by atoms with Crippen LogP contribution in [0.4, 0.5) is 51.2 Å². The lowest BCUT2D eigenvalue weighted by molar-refractivity contribution is 0.590. The minimum absolute atomic E-state index is 0.0370. The van der Waals surface area contributed by atoms with Crippen molar-refractivity contribution < 1.29 is 4.42 Å². The molecular formula is C54H44BN3O. The Hall–Kier alpha value is -6.98. The van der Waals surface area contributed by atoms with Crippen molar-refractivity contribution in [1.29, 1.82) is 0 Å². The molecule has 0 saturated carbocycles. The van der Waals surface area contributed by atoms with E-state index in [0.29, 0.717) is 0 Å². The highest BCUT2D eigenvalue weighted by Crippen LogP contribution is 2.46. The highest BCUT2D eigenvalue weighted by Gasteiger charge is 2.43. The average Bonchev–Trinajstić information content (AvgIpc) is 3.62. The second-order valence-corrected chi connectivity index (χ2v) is 17.2. The molecule has 2 aliphatic heterocycles. The lowest BCUT2D eigenvalue weighted by Crippen LogP contribution is -2.61. The fourth-order valence-corrected chi connectivity index (χ4v) is 9.42. The highest BCUT2D eigenvalue weighted by atomic mass is 16.3. The molecule has 0 unspecified atom stereocenters. The first-order valence-corrected chi connectivity index (χ1v) is 20.6. The summed E-state index contributed by atoms with van der Waals surface area (Å²) in [5.74, 6) is 0. The Morgan fingerprint density at radius 3 is 1.85 bits per heavy atom. The zero-order chi connectivity index (χ0) is 40.0. The predicted molar refractivity (Wildman–Crippen MR) is 251 cm³/mol. The molecule has 0 N–H and O–H groups in total. The fraction of sp³-hybridized carbons (Fsp3) is 0.111. The van der Waals surface area contributed by atoms with Crippen LogP contribution in [-0.2, 0) is 5.41 Å². The molecule has 2 aliphatic rings. The second-order valence-electron chi connectivity index (χ2n) is 17.2. The maximum Gasteiger partial charge on any atom is 0.252 e. The van der Waals surface area contributed by atoms with Crippen molar-refractivity contribution in [2.24, 2.45) is 0 Å². The largest absolute Gasteiger partial charge is 0.456 e. The fourth-order valence-electron chi connectivity index (χ4n) is 9.42. The van der Waals surface area contributed by atoms with Gasteiger partial charge >= 0.3 is 0 Å². The number of nitrogens with zero attached hydrogens (tertiary/aromatic N) is 3. The Labute approximate surface area is 346 Å². The van der Waals surface area contributed by atoms with Crippen LogP contribution >= 0.6 is 0 Å². The van der Waals surface area contributed by atoms with Gasteiger partial charge in [0.2, 0.25) is 0 Å². The number of hydrogen-bond acceptors (Lipinski definition) is 4. The van der Waals surface area contributed by atoms with E-state index in [1.165, 1.54) is 55.8 Å². The Bertz CT molecular complexity index is 3070. The van der Waals surface area contributed by atoms with E-state index in [9.17, 15) is 0 Å². The first kappa shape index (κ1) is 35.2. The minimum atomic E-state index is 0.0370. The minimum Gasteiger partial charge on any atom is -0.456 e. The van der Waals surface area contributed by atoms with Gasteiger partial charge in [-0.3, -0.25) is 0 Å². The molecule has 11 rings (SSSR count). The van der Waals surface area contributed by atoms with E-state index in [4.69, 9.17) is 4.42 Å². The molecule has 0 saturated heterocycles. The van der Waals surface area contributed by atoms with E-state index in [1.807, 2.05) is 12.1 Å². The molecule has 59 heavy (non-hydrogen) atoms. The van der Waals surface area contributed by atoms with Crippen molar-refractivity contribution in [2.75, 3.05) is 14.7 Å². The lowest BCUT2D eigenvalue weighted by atomic mass is 9.33. The number of furan rings is 1. The smallest absolute Gasteiger partial charge is 0.252 e. The normalized spacial score (nSPS) is 13.1. The Morgan fingerprint density at radius 2 is 1.08 bits per heavy atom. The van der Waals surface area contributed by atoms with E-state index in [2.05, 4.69) is 213 Å². The van der Waals surface area contributed by atoms with E-state index in [-0.39, 0.29) is 12.1 Å². The first-order valence-electron chi connectivity index (χ1n) is 20.6. The molecule has 9 aromatic rings. The second kappa shape index (κ2) is 13.3. The molecule has 5 heteroatoms. The summed E-state index contributed by atoms with van der Waals surface area (Å²) in [5.41, 5.74) is 19.9. The van der Waals surface area contributed by atoms with E-state index < -0.39 is 0 Å². The molecule has 0 amide bonds. The summed E-state index contributed by atoms with van der Waals surface area (Å²) < 4.78 is 6.31. The highest BCUT2D eigenvalue weighted by molar-refractivity contribution is 7.00. The van der Waals surface area contributed by atoms with Gasteiger partial charge in [0, 0.05) is 62.0 Å². The first-order chi connectivity index (χ1) is 28.7. The third-order valence-electron chi connectivity index (χ3n) is 12.3. The molecule has 4 nitrogen and oxygen atoms in total. The molecular weight excluding hydrogens is 717 g/mol. The number of benzene rings is 8. The van der Waals surface area contributed by atoms with Crippen LogP contribution in [0.25, 0.3) is 21.9 Å². The van der Waals surface area contributed by atoms with Crippen molar-refractivity contribution in [1.82, 2.24) is 0 Å². The molecule has 0 fully saturated rings. The third kappa shape index (κ3) is 5.67. The molecule has 284 valence electrons. The summed E-state index contributed by atoms with van der Waals surface area (Å²) >= 11 is 0. The molecule has 1 aromatic heterocycles. The van der Waals surface area contributed by atoms with Crippen molar-refractivity contribution in [2.45, 2.75) is 40.0 Å². The predicted octanol–water partition coefficient (Wildman–Crippen LogP) is 13.1. The zero-order valence-corrected chi connectivity index (χ0v) is 34.1. The van der Waals surface area contributed by atoms with Crippen molar-refractivity contribution >= 4 is 96.2 Å². The van der Waals surface area contributed by atoms with Crippen molar-refractivity contribution in [3.05, 3.63) is 193 Å². The number of fused-ring (bicyclic) bond motifs is 7. The van der Waals surface area contributed by atoms with Gasteiger partial charge in [-0.15, -0.1) is 0 Å². The van der Waals surface area contributed by atoms with E-state index in [0.717, 1.165) is 50.4 Å². The third-order valence-corrected chi connectivity index (χ3v) is 12.3. The van der Waals surface area contributed by atoms with Crippen LogP contribution in [0.2, 0.25) is 0 Å². The van der Waals surface area contributed by atoms with Gasteiger partial charge in [-0.1, -0.05) is 117 Å². The Balaban J connectivity index is 1.16. The monoisotopic (exact) mass is 761 g/mol. The van der Waals surface area contributed by atoms with Crippen molar-refractivity contribution in [3.8, 4) is 0 Å². The molecule has 0 atom stereocenters. The number of rotatable bonds is 5. The number of aryl methyl sites for hydroxylation is 2. The van der Waals surface area contributed by atoms with Crippen LogP contribution in [0, 0.1) is 13.8 Å². The van der Waals surface area contributed by atoms with Crippen LogP contribution in [-0.4, -0.2) is 6.71 Å². The van der Waals surface area contributed by atoms with Crippen LogP contribution in [0.5, 0.6) is 0 Å². The van der Waals surface area contributed by atoms with Gasteiger partial charge in [0.05, 0.1) is 0 Å². The SMILES string of the molecule is Cc1ccc(N2c3ccc(C)cc3B3c4ccc(N(c5ccc(C(C)(C)C)cc5)c5ccc6oc7ccccc7c6c5)cc4N(c4ccccc4)c4cccc2c43)cc1. The van der Waals surface area contributed by atoms with Gasteiger partial charge in [-0.2, -0.15) is 0 Å². The van der Waals surface area contributed by atoms with Crippen LogP contribution in [0.15, 0.2) is 180 Å². The van der Waals surface area contributed by atoms with Crippen LogP contribution < -0.4 is 31.1 Å². The van der Waals surface area contributed by atoms with Gasteiger partial charge in [0.15, 0.2) is 0 Å². The average molecular weight is 762 g/mol. The maximum absolute atomic E-state index is 6.31. The lowest BCUT2D eigenvalue weighted by Gasteiger charge is -2.44. The van der Waals surface area contributed by atoms with Gasteiger partial charge < -0.3 is 19.1 Å². The standard InChI is InChI=1S/C54H44BN3O/c1-35-18-23-40(24-19-35)57-47-30-20-36(2)32-46(47)55-45-29-27-42(34-50(45)58(38-12-7-6-8-13-38)49-16-11-15-48(57)53(49)55)56(39-25-21-37(22-26-39)54(3,4)5)41-28-31-52-44(33-41)43-14-9-10-17-51(43)59-52/h6-34H,1-5H3. The summed E-state index contributed by atoms with van der Waals surface area (Å²) in [6.45, 7) is 11.2. The Morgan fingerprint density at radius 1 is 0.458 bits per heavy atom. The molecule has 0 radical (unpaired) electrons. The molecule has 0 spiro atoms. The molecule has 8 aromatic carbocycles. The molecule has 0 aliphatic carbocycles. The zero-order valence-electron chi connectivity index (χ0n) is 34.1. The summed E-state index contributed by atoms with van der Waals surface area (Å²) in [7, 11) is 0. The van der Waals surface area contributed by atoms with E-state index in [1.54, 1.807) is 0 Å². The number of para-hydroxylation sites is 2. The van der Waals surface area contributed by atoms with Gasteiger partial charge in [0.1, 0.15) is 11.2 Å². The topological polar surface area (TPSA) is 22.9 Å². The summed E-state index contributed by atoms with van der Waals surface area (Å²) in [6, 6.07) is 64.8. The van der Waals surface area contributed by atoms with Crippen LogP contribution in [0.1, 0.15) is 37.5 Å². The van der Waals surface area contributed by atoms with Crippen molar-refractivity contribution in [3.63, 3.8) is 0 Å². The van der Waals surface area contributed by atoms with Gasteiger partial charge in [-0.25, -0.2) is 0 Å².